The van der Waals surface area contributed by atoms with Crippen LogP contribution in [0.2, 0.25) is 0 Å². The Hall–Kier alpha value is -0.900. The van der Waals surface area contributed by atoms with Crippen molar-refractivity contribution in [3.05, 3.63) is 35.9 Å². The van der Waals surface area contributed by atoms with Crippen LogP contribution < -0.4 is 0 Å². The third kappa shape index (κ3) is 4.11. The van der Waals surface area contributed by atoms with Gasteiger partial charge >= 0.3 is 0 Å². The standard InChI is InChI=1S/C14H20O3/c15-9-5-4-8-13-11-16-14(17-13)10-12-6-2-1-3-7-12/h1-3,6-7,13-15H,4-5,8-11H2/t13-,14+/m0/s1. The third-order valence-electron chi connectivity index (χ3n) is 2.99. The van der Waals surface area contributed by atoms with E-state index in [4.69, 9.17) is 14.6 Å². The summed E-state index contributed by atoms with van der Waals surface area (Å²) in [7, 11) is 0. The lowest BCUT2D eigenvalue weighted by atomic mass is 10.1. The van der Waals surface area contributed by atoms with Crippen molar-refractivity contribution >= 4 is 0 Å². The molecule has 1 fully saturated rings. The van der Waals surface area contributed by atoms with E-state index in [0.717, 1.165) is 25.7 Å². The molecule has 0 amide bonds. The van der Waals surface area contributed by atoms with E-state index >= 15 is 0 Å². The van der Waals surface area contributed by atoms with Crippen molar-refractivity contribution in [3.63, 3.8) is 0 Å². The number of aliphatic hydroxyl groups excluding tert-OH is 1. The molecule has 0 aromatic heterocycles. The van der Waals surface area contributed by atoms with Crippen molar-refractivity contribution in [3.8, 4) is 0 Å². The zero-order valence-electron chi connectivity index (χ0n) is 10.0. The van der Waals surface area contributed by atoms with E-state index in [9.17, 15) is 0 Å². The quantitative estimate of drug-likeness (QED) is 0.769. The summed E-state index contributed by atoms with van der Waals surface area (Å²) in [5.41, 5.74) is 1.24. The largest absolute Gasteiger partial charge is 0.396 e. The smallest absolute Gasteiger partial charge is 0.162 e. The first-order valence-corrected chi connectivity index (χ1v) is 6.30. The van der Waals surface area contributed by atoms with Crippen LogP contribution in [-0.2, 0) is 15.9 Å². The van der Waals surface area contributed by atoms with E-state index in [1.165, 1.54) is 5.56 Å². The summed E-state index contributed by atoms with van der Waals surface area (Å²) in [5.74, 6) is 0. The number of aliphatic hydroxyl groups is 1. The summed E-state index contributed by atoms with van der Waals surface area (Å²) in [5, 5.41) is 8.71. The summed E-state index contributed by atoms with van der Waals surface area (Å²) in [6, 6.07) is 10.3. The number of ether oxygens (including phenoxy) is 2. The molecule has 94 valence electrons. The maximum atomic E-state index is 8.71. The van der Waals surface area contributed by atoms with Gasteiger partial charge in [0.05, 0.1) is 12.7 Å². The molecule has 1 N–H and O–H groups in total. The normalized spacial score (nSPS) is 24.1. The van der Waals surface area contributed by atoms with Gasteiger partial charge in [0.1, 0.15) is 0 Å². The molecule has 2 atom stereocenters. The van der Waals surface area contributed by atoms with Crippen molar-refractivity contribution < 1.29 is 14.6 Å². The maximum Gasteiger partial charge on any atom is 0.162 e. The highest BCUT2D eigenvalue weighted by Crippen LogP contribution is 2.19. The van der Waals surface area contributed by atoms with E-state index in [1.807, 2.05) is 18.2 Å². The van der Waals surface area contributed by atoms with E-state index in [2.05, 4.69) is 12.1 Å². The highest BCUT2D eigenvalue weighted by atomic mass is 16.7. The highest BCUT2D eigenvalue weighted by molar-refractivity contribution is 5.15. The van der Waals surface area contributed by atoms with E-state index in [-0.39, 0.29) is 19.0 Å². The first kappa shape index (κ1) is 12.6. The summed E-state index contributed by atoms with van der Waals surface area (Å²) in [6.07, 6.45) is 3.75. The van der Waals surface area contributed by atoms with Crippen LogP contribution in [0, 0.1) is 0 Å². The van der Waals surface area contributed by atoms with Crippen molar-refractivity contribution in [2.45, 2.75) is 38.1 Å². The van der Waals surface area contributed by atoms with Gasteiger partial charge in [0.15, 0.2) is 6.29 Å². The fraction of sp³-hybridized carbons (Fsp3) is 0.571. The molecule has 2 rings (SSSR count). The molecule has 3 nitrogen and oxygen atoms in total. The summed E-state index contributed by atoms with van der Waals surface area (Å²) >= 11 is 0. The van der Waals surface area contributed by atoms with Crippen molar-refractivity contribution in [1.82, 2.24) is 0 Å². The predicted octanol–water partition coefficient (Wildman–Crippen LogP) is 2.13. The van der Waals surface area contributed by atoms with Crippen LogP contribution in [0.15, 0.2) is 30.3 Å². The van der Waals surface area contributed by atoms with Gasteiger partial charge in [-0.15, -0.1) is 0 Å². The van der Waals surface area contributed by atoms with Crippen LogP contribution in [0.1, 0.15) is 24.8 Å². The minimum absolute atomic E-state index is 0.100. The first-order valence-electron chi connectivity index (χ1n) is 6.30. The molecule has 1 saturated heterocycles. The van der Waals surface area contributed by atoms with Gasteiger partial charge in [-0.05, 0) is 24.8 Å². The Bertz CT molecular complexity index is 313. The molecular weight excluding hydrogens is 216 g/mol. The molecule has 0 saturated carbocycles. The molecule has 0 aliphatic carbocycles. The van der Waals surface area contributed by atoms with Crippen LogP contribution in [0.25, 0.3) is 0 Å². The zero-order valence-corrected chi connectivity index (χ0v) is 10.0. The van der Waals surface area contributed by atoms with Gasteiger partial charge in [-0.2, -0.15) is 0 Å². The molecule has 1 aliphatic rings. The Labute approximate surface area is 102 Å². The number of unbranched alkanes of at least 4 members (excludes halogenated alkanes) is 1. The number of hydrogen-bond acceptors (Lipinski definition) is 3. The fourth-order valence-electron chi connectivity index (χ4n) is 2.06. The Morgan fingerprint density at radius 2 is 2.00 bits per heavy atom. The van der Waals surface area contributed by atoms with Crippen LogP contribution in [0.3, 0.4) is 0 Å². The maximum absolute atomic E-state index is 8.71. The molecule has 0 spiro atoms. The van der Waals surface area contributed by atoms with Crippen LogP contribution in [-0.4, -0.2) is 30.7 Å². The number of benzene rings is 1. The van der Waals surface area contributed by atoms with Gasteiger partial charge in [0.2, 0.25) is 0 Å². The Kier molecular flexibility index (Phi) is 4.98. The lowest BCUT2D eigenvalue weighted by Crippen LogP contribution is -2.14. The van der Waals surface area contributed by atoms with Gasteiger partial charge in [-0.3, -0.25) is 0 Å². The summed E-state index contributed by atoms with van der Waals surface area (Å²) in [4.78, 5) is 0. The average Bonchev–Trinajstić information content (AvgIpc) is 2.79. The van der Waals surface area contributed by atoms with Gasteiger partial charge in [-0.25, -0.2) is 0 Å². The van der Waals surface area contributed by atoms with Crippen LogP contribution >= 0.6 is 0 Å². The topological polar surface area (TPSA) is 38.7 Å². The lowest BCUT2D eigenvalue weighted by molar-refractivity contribution is -0.0570. The SMILES string of the molecule is OCCCC[C@H]1CO[C@@H](Cc2ccccc2)O1. The van der Waals surface area contributed by atoms with Crippen LogP contribution in [0.5, 0.6) is 0 Å². The molecule has 3 heteroatoms. The minimum atomic E-state index is -0.100. The zero-order chi connectivity index (χ0) is 11.9. The summed E-state index contributed by atoms with van der Waals surface area (Å²) in [6.45, 7) is 0.948. The van der Waals surface area contributed by atoms with Gasteiger partial charge in [-0.1, -0.05) is 30.3 Å². The molecule has 0 unspecified atom stereocenters. The van der Waals surface area contributed by atoms with Crippen molar-refractivity contribution in [2.75, 3.05) is 13.2 Å². The Balaban J connectivity index is 1.71. The van der Waals surface area contributed by atoms with Gasteiger partial charge in [0.25, 0.3) is 0 Å². The molecule has 17 heavy (non-hydrogen) atoms. The Morgan fingerprint density at radius 3 is 2.76 bits per heavy atom. The van der Waals surface area contributed by atoms with E-state index in [0.29, 0.717) is 6.61 Å². The molecule has 1 aromatic carbocycles. The number of rotatable bonds is 6. The third-order valence-corrected chi connectivity index (χ3v) is 2.99. The summed E-state index contributed by atoms with van der Waals surface area (Å²) < 4.78 is 11.4. The van der Waals surface area contributed by atoms with Crippen molar-refractivity contribution in [2.24, 2.45) is 0 Å². The second-order valence-corrected chi connectivity index (χ2v) is 4.43. The van der Waals surface area contributed by atoms with Gasteiger partial charge in [0, 0.05) is 13.0 Å². The predicted molar refractivity (Wildman–Crippen MR) is 65.7 cm³/mol. The lowest BCUT2D eigenvalue weighted by Gasteiger charge is -2.11. The molecule has 1 heterocycles. The number of hydrogen-bond donors (Lipinski definition) is 1. The second kappa shape index (κ2) is 6.74. The van der Waals surface area contributed by atoms with Gasteiger partial charge < -0.3 is 14.6 Å². The molecule has 0 bridgehead atoms. The molecule has 1 aromatic rings. The molecule has 0 radical (unpaired) electrons. The fourth-order valence-corrected chi connectivity index (χ4v) is 2.06. The monoisotopic (exact) mass is 236 g/mol. The minimum Gasteiger partial charge on any atom is -0.396 e. The van der Waals surface area contributed by atoms with Crippen molar-refractivity contribution in [1.29, 1.82) is 0 Å². The van der Waals surface area contributed by atoms with E-state index in [1.54, 1.807) is 0 Å². The molecule has 1 aliphatic heterocycles. The molecular formula is C14H20O3. The average molecular weight is 236 g/mol. The van der Waals surface area contributed by atoms with E-state index < -0.39 is 0 Å². The second-order valence-electron chi connectivity index (χ2n) is 4.43. The van der Waals surface area contributed by atoms with Crippen LogP contribution in [0.4, 0.5) is 0 Å². The highest BCUT2D eigenvalue weighted by Gasteiger charge is 2.25. The first-order chi connectivity index (χ1) is 8.38. The Morgan fingerprint density at radius 1 is 1.18 bits per heavy atom.